The van der Waals surface area contributed by atoms with Crippen LogP contribution in [0.15, 0.2) is 24.3 Å². The molecule has 1 aromatic carbocycles. The van der Waals surface area contributed by atoms with E-state index in [-0.39, 0.29) is 11.9 Å². The molecule has 1 aromatic rings. The molecule has 2 N–H and O–H groups in total. The fourth-order valence-corrected chi connectivity index (χ4v) is 1.73. The molecule has 0 bridgehead atoms. The van der Waals surface area contributed by atoms with Crippen LogP contribution in [0, 0.1) is 6.92 Å². The maximum Gasteiger partial charge on any atom is 0.229 e. The summed E-state index contributed by atoms with van der Waals surface area (Å²) >= 11 is 0. The molecule has 1 fully saturated rings. The van der Waals surface area contributed by atoms with Crippen LogP contribution in [0.4, 0.5) is 5.69 Å². The zero-order chi connectivity index (χ0) is 10.1. The van der Waals surface area contributed by atoms with Crippen molar-refractivity contribution in [1.29, 1.82) is 0 Å². The highest BCUT2D eigenvalue weighted by molar-refractivity contribution is 6.00. The molecule has 3 nitrogen and oxygen atoms in total. The number of hydrogen-bond donors (Lipinski definition) is 1. The van der Waals surface area contributed by atoms with Gasteiger partial charge in [-0.05, 0) is 19.1 Å². The van der Waals surface area contributed by atoms with Crippen LogP contribution in [0.1, 0.15) is 12.0 Å². The van der Waals surface area contributed by atoms with Crippen LogP contribution in [0.3, 0.4) is 0 Å². The average Bonchev–Trinajstić information content (AvgIpc) is 2.17. The zero-order valence-electron chi connectivity index (χ0n) is 8.23. The molecule has 2 rings (SSSR count). The predicted octanol–water partition coefficient (Wildman–Crippen LogP) is 1.06. The highest BCUT2D eigenvalue weighted by Crippen LogP contribution is 2.27. The van der Waals surface area contributed by atoms with Gasteiger partial charge in [0.25, 0.3) is 0 Å². The number of carbonyl (C=O) groups excluding carboxylic acids is 1. The lowest BCUT2D eigenvalue weighted by molar-refractivity contribution is -0.123. The Labute approximate surface area is 83.5 Å². The molecule has 0 aromatic heterocycles. The Kier molecular flexibility index (Phi) is 2.25. The standard InChI is InChI=1S/C11H14N2O/c1-8-2-4-9(5-3-8)13-10(7-12)6-11(13)14/h2-5,10H,6-7,12H2,1H3. The van der Waals surface area contributed by atoms with Crippen LogP contribution in [-0.4, -0.2) is 18.5 Å². The van der Waals surface area contributed by atoms with Crippen molar-refractivity contribution in [3.05, 3.63) is 29.8 Å². The Balaban J connectivity index is 2.22. The van der Waals surface area contributed by atoms with E-state index in [9.17, 15) is 4.79 Å². The number of benzene rings is 1. The summed E-state index contributed by atoms with van der Waals surface area (Å²) in [5, 5.41) is 0. The molecule has 3 heteroatoms. The van der Waals surface area contributed by atoms with Gasteiger partial charge in [0.2, 0.25) is 5.91 Å². The first kappa shape index (κ1) is 9.21. The van der Waals surface area contributed by atoms with Crippen molar-refractivity contribution in [1.82, 2.24) is 0 Å². The van der Waals surface area contributed by atoms with Crippen LogP contribution in [0.25, 0.3) is 0 Å². The van der Waals surface area contributed by atoms with E-state index in [1.807, 2.05) is 31.2 Å². The third kappa shape index (κ3) is 1.40. The van der Waals surface area contributed by atoms with Crippen LogP contribution in [-0.2, 0) is 4.79 Å². The van der Waals surface area contributed by atoms with E-state index in [1.165, 1.54) is 5.56 Å². The summed E-state index contributed by atoms with van der Waals surface area (Å²) in [5.74, 6) is 0.171. The highest BCUT2D eigenvalue weighted by atomic mass is 16.2. The van der Waals surface area contributed by atoms with Gasteiger partial charge in [-0.25, -0.2) is 0 Å². The average molecular weight is 190 g/mol. The van der Waals surface area contributed by atoms with E-state index in [2.05, 4.69) is 0 Å². The number of nitrogens with two attached hydrogens (primary N) is 1. The van der Waals surface area contributed by atoms with E-state index in [0.29, 0.717) is 13.0 Å². The second-order valence-corrected chi connectivity index (χ2v) is 3.69. The van der Waals surface area contributed by atoms with E-state index in [1.54, 1.807) is 4.90 Å². The lowest BCUT2D eigenvalue weighted by Crippen LogP contribution is -2.56. The quantitative estimate of drug-likeness (QED) is 0.709. The first-order valence-corrected chi connectivity index (χ1v) is 4.81. The van der Waals surface area contributed by atoms with Crippen molar-refractivity contribution in [2.45, 2.75) is 19.4 Å². The minimum absolute atomic E-state index is 0.171. The van der Waals surface area contributed by atoms with Gasteiger partial charge in [0.05, 0.1) is 6.04 Å². The molecule has 0 aliphatic carbocycles. The van der Waals surface area contributed by atoms with Gasteiger partial charge in [-0.15, -0.1) is 0 Å². The van der Waals surface area contributed by atoms with E-state index in [4.69, 9.17) is 5.73 Å². The van der Waals surface area contributed by atoms with Gasteiger partial charge >= 0.3 is 0 Å². The molecule has 0 spiro atoms. The summed E-state index contributed by atoms with van der Waals surface area (Å²) < 4.78 is 0. The zero-order valence-corrected chi connectivity index (χ0v) is 8.23. The SMILES string of the molecule is Cc1ccc(N2C(=O)CC2CN)cc1. The molecule has 14 heavy (non-hydrogen) atoms. The number of β-lactam (4-membered cyclic amide) rings is 1. The number of hydrogen-bond acceptors (Lipinski definition) is 2. The largest absolute Gasteiger partial charge is 0.328 e. The number of nitrogens with zero attached hydrogens (tertiary/aromatic N) is 1. The molecule has 1 unspecified atom stereocenters. The molecule has 74 valence electrons. The smallest absolute Gasteiger partial charge is 0.229 e. The van der Waals surface area contributed by atoms with Crippen LogP contribution in [0.2, 0.25) is 0 Å². The maximum absolute atomic E-state index is 11.4. The molecule has 1 aliphatic rings. The fourth-order valence-electron chi connectivity index (χ4n) is 1.73. The van der Waals surface area contributed by atoms with Crippen molar-refractivity contribution < 1.29 is 4.79 Å². The van der Waals surface area contributed by atoms with Gasteiger partial charge in [-0.3, -0.25) is 4.79 Å². The third-order valence-corrected chi connectivity index (χ3v) is 2.63. The number of carbonyl (C=O) groups is 1. The Hall–Kier alpha value is -1.35. The molecule has 0 radical (unpaired) electrons. The summed E-state index contributed by atoms with van der Waals surface area (Å²) in [6, 6.07) is 8.15. The molecular weight excluding hydrogens is 176 g/mol. The first-order chi connectivity index (χ1) is 6.72. The van der Waals surface area contributed by atoms with Crippen LogP contribution < -0.4 is 10.6 Å². The molecule has 0 saturated carbocycles. The second-order valence-electron chi connectivity index (χ2n) is 3.69. The Bertz CT molecular complexity index is 345. The Morgan fingerprint density at radius 3 is 2.57 bits per heavy atom. The van der Waals surface area contributed by atoms with E-state index in [0.717, 1.165) is 5.69 Å². The molecule has 1 aliphatic heterocycles. The topological polar surface area (TPSA) is 46.3 Å². The van der Waals surface area contributed by atoms with Gasteiger partial charge in [0.15, 0.2) is 0 Å². The lowest BCUT2D eigenvalue weighted by Gasteiger charge is -2.39. The van der Waals surface area contributed by atoms with Gasteiger partial charge in [0.1, 0.15) is 0 Å². The fraction of sp³-hybridized carbons (Fsp3) is 0.364. The van der Waals surface area contributed by atoms with Crippen LogP contribution in [0.5, 0.6) is 0 Å². The molecular formula is C11H14N2O. The number of rotatable bonds is 2. The van der Waals surface area contributed by atoms with Crippen molar-refractivity contribution >= 4 is 11.6 Å². The Morgan fingerprint density at radius 2 is 2.07 bits per heavy atom. The maximum atomic E-state index is 11.4. The summed E-state index contributed by atoms with van der Waals surface area (Å²) in [7, 11) is 0. The molecule has 1 amide bonds. The summed E-state index contributed by atoms with van der Waals surface area (Å²) in [5.41, 5.74) is 7.72. The monoisotopic (exact) mass is 190 g/mol. The predicted molar refractivity (Wildman–Crippen MR) is 56.1 cm³/mol. The van der Waals surface area contributed by atoms with Crippen LogP contribution >= 0.6 is 0 Å². The molecule has 1 heterocycles. The summed E-state index contributed by atoms with van der Waals surface area (Å²) in [6.45, 7) is 2.57. The minimum atomic E-state index is 0.171. The van der Waals surface area contributed by atoms with Crippen molar-refractivity contribution in [2.75, 3.05) is 11.4 Å². The van der Waals surface area contributed by atoms with E-state index >= 15 is 0 Å². The second kappa shape index (κ2) is 3.42. The van der Waals surface area contributed by atoms with Gasteiger partial charge in [-0.1, -0.05) is 17.7 Å². The minimum Gasteiger partial charge on any atom is -0.328 e. The number of amides is 1. The van der Waals surface area contributed by atoms with Gasteiger partial charge < -0.3 is 10.6 Å². The van der Waals surface area contributed by atoms with Crippen molar-refractivity contribution in [3.63, 3.8) is 0 Å². The van der Waals surface area contributed by atoms with Gasteiger partial charge in [-0.2, -0.15) is 0 Å². The van der Waals surface area contributed by atoms with Crippen molar-refractivity contribution in [3.8, 4) is 0 Å². The number of anilines is 1. The lowest BCUT2D eigenvalue weighted by atomic mass is 10.0. The first-order valence-electron chi connectivity index (χ1n) is 4.81. The van der Waals surface area contributed by atoms with Gasteiger partial charge in [0, 0.05) is 18.7 Å². The highest BCUT2D eigenvalue weighted by Gasteiger charge is 2.35. The summed E-state index contributed by atoms with van der Waals surface area (Å²) in [4.78, 5) is 13.1. The molecule has 1 atom stereocenters. The summed E-state index contributed by atoms with van der Waals surface area (Å²) in [6.07, 6.45) is 0.588. The van der Waals surface area contributed by atoms with Crippen molar-refractivity contribution in [2.24, 2.45) is 5.73 Å². The third-order valence-electron chi connectivity index (χ3n) is 2.63. The Morgan fingerprint density at radius 1 is 1.43 bits per heavy atom. The number of aryl methyl sites for hydroxylation is 1. The van der Waals surface area contributed by atoms with E-state index < -0.39 is 0 Å². The molecule has 1 saturated heterocycles. The normalized spacial score (nSPS) is 20.9.